The lowest BCUT2D eigenvalue weighted by Gasteiger charge is -2.45. The molecule has 26 heavy (non-hydrogen) atoms. The van der Waals surface area contributed by atoms with Gasteiger partial charge in [0.25, 0.3) is 0 Å². The molecule has 5 heteroatoms. The second-order valence-corrected chi connectivity index (χ2v) is 10.1. The van der Waals surface area contributed by atoms with Crippen molar-refractivity contribution in [2.75, 3.05) is 30.6 Å². The number of aryl methyl sites for hydroxylation is 1. The minimum atomic E-state index is -3.26. The van der Waals surface area contributed by atoms with Gasteiger partial charge in [0.15, 0.2) is 0 Å². The van der Waals surface area contributed by atoms with E-state index in [1.165, 1.54) is 44.0 Å². The van der Waals surface area contributed by atoms with Crippen molar-refractivity contribution in [3.05, 3.63) is 29.3 Å². The van der Waals surface area contributed by atoms with Crippen LogP contribution < -0.4 is 4.72 Å². The van der Waals surface area contributed by atoms with E-state index in [1.807, 2.05) is 19.1 Å². The van der Waals surface area contributed by atoms with E-state index >= 15 is 0 Å². The highest BCUT2D eigenvalue weighted by molar-refractivity contribution is 7.92. The first kappa shape index (κ1) is 21.2. The molecule has 1 heterocycles. The standard InChI is InChI=1S/C21H36N2O2S/c1-6-7-8-9-13-23-14-12-21(4,18(3)16-23)19-11-10-17(2)20(15-19)22-26(5,24)25/h10-11,15,18,22H,6-9,12-14,16H2,1-5H3. The first-order valence-electron chi connectivity index (χ1n) is 9.97. The molecule has 0 spiro atoms. The molecule has 0 radical (unpaired) electrons. The van der Waals surface area contributed by atoms with E-state index < -0.39 is 10.0 Å². The zero-order chi connectivity index (χ0) is 19.4. The van der Waals surface area contributed by atoms with Crippen LogP contribution in [0.2, 0.25) is 0 Å². The van der Waals surface area contributed by atoms with Gasteiger partial charge in [-0.1, -0.05) is 52.2 Å². The Bertz CT molecular complexity index is 702. The summed E-state index contributed by atoms with van der Waals surface area (Å²) in [4.78, 5) is 2.60. The molecule has 0 saturated carbocycles. The van der Waals surface area contributed by atoms with Gasteiger partial charge in [0.2, 0.25) is 10.0 Å². The largest absolute Gasteiger partial charge is 0.303 e. The minimum absolute atomic E-state index is 0.0849. The van der Waals surface area contributed by atoms with Crippen LogP contribution in [-0.4, -0.2) is 39.2 Å². The lowest BCUT2D eigenvalue weighted by atomic mass is 9.68. The molecular formula is C21H36N2O2S. The van der Waals surface area contributed by atoms with Gasteiger partial charge in [0.1, 0.15) is 0 Å². The maximum atomic E-state index is 11.7. The molecule has 0 aliphatic carbocycles. The number of anilines is 1. The van der Waals surface area contributed by atoms with Gasteiger partial charge in [-0.25, -0.2) is 8.42 Å². The van der Waals surface area contributed by atoms with E-state index in [0.717, 1.165) is 25.1 Å². The number of nitrogens with one attached hydrogen (secondary N) is 1. The summed E-state index contributed by atoms with van der Waals surface area (Å²) in [5.41, 5.74) is 3.00. The number of likely N-dealkylation sites (tertiary alicyclic amines) is 1. The highest BCUT2D eigenvalue weighted by atomic mass is 32.2. The summed E-state index contributed by atoms with van der Waals surface area (Å²) < 4.78 is 26.0. The third-order valence-corrected chi connectivity index (χ3v) is 6.68. The molecule has 1 fully saturated rings. The van der Waals surface area contributed by atoms with Crippen molar-refractivity contribution in [1.29, 1.82) is 0 Å². The van der Waals surface area contributed by atoms with Crippen LogP contribution in [0.1, 0.15) is 64.0 Å². The van der Waals surface area contributed by atoms with E-state index in [0.29, 0.717) is 11.6 Å². The number of unbranched alkanes of at least 4 members (excludes halogenated alkanes) is 3. The first-order chi connectivity index (χ1) is 12.2. The van der Waals surface area contributed by atoms with E-state index in [-0.39, 0.29) is 5.41 Å². The lowest BCUT2D eigenvalue weighted by molar-refractivity contribution is 0.109. The molecular weight excluding hydrogens is 344 g/mol. The zero-order valence-electron chi connectivity index (χ0n) is 17.1. The van der Waals surface area contributed by atoms with Crippen LogP contribution in [0.15, 0.2) is 18.2 Å². The maximum Gasteiger partial charge on any atom is 0.229 e. The van der Waals surface area contributed by atoms with Gasteiger partial charge in [-0.3, -0.25) is 4.72 Å². The van der Waals surface area contributed by atoms with Gasteiger partial charge < -0.3 is 4.90 Å². The Morgan fingerprint density at radius 3 is 2.62 bits per heavy atom. The van der Waals surface area contributed by atoms with E-state index in [9.17, 15) is 8.42 Å². The van der Waals surface area contributed by atoms with Crippen LogP contribution in [0.5, 0.6) is 0 Å². The Morgan fingerprint density at radius 1 is 1.27 bits per heavy atom. The van der Waals surface area contributed by atoms with Crippen LogP contribution in [0.25, 0.3) is 0 Å². The molecule has 2 rings (SSSR count). The highest BCUT2D eigenvalue weighted by Gasteiger charge is 2.38. The summed E-state index contributed by atoms with van der Waals surface area (Å²) >= 11 is 0. The van der Waals surface area contributed by atoms with Gasteiger partial charge in [0.05, 0.1) is 11.9 Å². The summed E-state index contributed by atoms with van der Waals surface area (Å²) in [5.74, 6) is 0.538. The van der Waals surface area contributed by atoms with Crippen molar-refractivity contribution in [3.8, 4) is 0 Å². The summed E-state index contributed by atoms with van der Waals surface area (Å²) in [7, 11) is -3.26. The SMILES string of the molecule is CCCCCCN1CCC(C)(c2ccc(C)c(NS(C)(=O)=O)c2)C(C)C1. The van der Waals surface area contributed by atoms with Gasteiger partial charge in [-0.05, 0) is 61.4 Å². The number of hydrogen-bond acceptors (Lipinski definition) is 3. The predicted molar refractivity (Wildman–Crippen MR) is 111 cm³/mol. The number of hydrogen-bond donors (Lipinski definition) is 1. The summed E-state index contributed by atoms with van der Waals surface area (Å²) in [6.45, 7) is 12.3. The maximum absolute atomic E-state index is 11.7. The fourth-order valence-electron chi connectivity index (χ4n) is 4.00. The Kier molecular flexibility index (Phi) is 7.14. The zero-order valence-corrected chi connectivity index (χ0v) is 18.0. The second kappa shape index (κ2) is 8.75. The normalized spacial score (nSPS) is 24.6. The molecule has 0 aromatic heterocycles. The average Bonchev–Trinajstić information content (AvgIpc) is 2.55. The van der Waals surface area contributed by atoms with Crippen molar-refractivity contribution in [2.24, 2.45) is 5.92 Å². The molecule has 1 saturated heterocycles. The van der Waals surface area contributed by atoms with Crippen LogP contribution in [0, 0.1) is 12.8 Å². The van der Waals surface area contributed by atoms with Gasteiger partial charge >= 0.3 is 0 Å². The molecule has 2 unspecified atom stereocenters. The third-order valence-electron chi connectivity index (χ3n) is 6.09. The number of rotatable bonds is 8. The molecule has 0 amide bonds. The highest BCUT2D eigenvalue weighted by Crippen LogP contribution is 2.40. The Labute approximate surface area is 160 Å². The molecule has 1 aliphatic rings. The summed E-state index contributed by atoms with van der Waals surface area (Å²) in [6, 6.07) is 6.26. The van der Waals surface area contributed by atoms with Gasteiger partial charge in [0, 0.05) is 6.54 Å². The lowest BCUT2D eigenvalue weighted by Crippen LogP contribution is -2.47. The van der Waals surface area contributed by atoms with Crippen molar-refractivity contribution in [2.45, 2.75) is 65.2 Å². The van der Waals surface area contributed by atoms with E-state index in [4.69, 9.17) is 0 Å². The Hall–Kier alpha value is -1.07. The molecule has 148 valence electrons. The number of nitrogens with zero attached hydrogens (tertiary/aromatic N) is 1. The topological polar surface area (TPSA) is 49.4 Å². The molecule has 1 N–H and O–H groups in total. The molecule has 2 atom stereocenters. The van der Waals surface area contributed by atoms with E-state index in [1.54, 1.807) is 0 Å². The van der Waals surface area contributed by atoms with Crippen LogP contribution >= 0.6 is 0 Å². The minimum Gasteiger partial charge on any atom is -0.303 e. The monoisotopic (exact) mass is 380 g/mol. The second-order valence-electron chi connectivity index (χ2n) is 8.33. The third kappa shape index (κ3) is 5.46. The fraction of sp³-hybridized carbons (Fsp3) is 0.714. The van der Waals surface area contributed by atoms with Crippen LogP contribution in [0.3, 0.4) is 0 Å². The first-order valence-corrected chi connectivity index (χ1v) is 11.9. The van der Waals surface area contributed by atoms with Crippen molar-refractivity contribution in [3.63, 3.8) is 0 Å². The number of sulfonamides is 1. The van der Waals surface area contributed by atoms with Crippen molar-refractivity contribution < 1.29 is 8.42 Å². The van der Waals surface area contributed by atoms with Gasteiger partial charge in [-0.15, -0.1) is 0 Å². The van der Waals surface area contributed by atoms with Crippen LogP contribution in [-0.2, 0) is 15.4 Å². The summed E-state index contributed by atoms with van der Waals surface area (Å²) in [6.07, 6.45) is 7.57. The molecule has 1 aromatic rings. The molecule has 1 aromatic carbocycles. The van der Waals surface area contributed by atoms with E-state index in [2.05, 4.69) is 36.5 Å². The molecule has 0 bridgehead atoms. The van der Waals surface area contributed by atoms with Gasteiger partial charge in [-0.2, -0.15) is 0 Å². The Morgan fingerprint density at radius 2 is 2.00 bits per heavy atom. The molecule has 4 nitrogen and oxygen atoms in total. The number of piperidine rings is 1. The smallest absolute Gasteiger partial charge is 0.229 e. The van der Waals surface area contributed by atoms with Crippen LogP contribution in [0.4, 0.5) is 5.69 Å². The predicted octanol–water partition coefficient (Wildman–Crippen LogP) is 4.55. The van der Waals surface area contributed by atoms with Crippen molar-refractivity contribution >= 4 is 15.7 Å². The number of benzene rings is 1. The summed E-state index contributed by atoms with van der Waals surface area (Å²) in [5, 5.41) is 0. The van der Waals surface area contributed by atoms with Crippen molar-refractivity contribution in [1.82, 2.24) is 4.90 Å². The Balaban J connectivity index is 2.10. The fourth-order valence-corrected chi connectivity index (χ4v) is 4.62. The molecule has 1 aliphatic heterocycles. The average molecular weight is 381 g/mol. The quantitative estimate of drug-likeness (QED) is 0.673.